The minimum absolute atomic E-state index is 0.184. The zero-order chi connectivity index (χ0) is 17.4. The molecule has 122 valence electrons. The number of aryl methyl sites for hydroxylation is 1. The smallest absolute Gasteiger partial charge is 0.249 e. The first-order valence-corrected chi connectivity index (χ1v) is 8.07. The predicted molar refractivity (Wildman–Crippen MR) is 98.6 cm³/mol. The summed E-state index contributed by atoms with van der Waals surface area (Å²) < 4.78 is 0. The van der Waals surface area contributed by atoms with Crippen molar-refractivity contribution in [2.45, 2.75) is 6.92 Å². The lowest BCUT2D eigenvalue weighted by atomic mass is 9.99. The fourth-order valence-electron chi connectivity index (χ4n) is 2.81. The standard InChI is InChI=1S/C19H13ClN4O/c1-11-8-14(10-16(20)22-11)15-9-13-2-3-17(25)23-19(13)24-18(15)12-4-6-21-7-5-12/h2-10H,1H3,(H,23,24,25). The van der Waals surface area contributed by atoms with Gasteiger partial charge in [0.1, 0.15) is 10.8 Å². The van der Waals surface area contributed by atoms with Crippen LogP contribution in [0.4, 0.5) is 0 Å². The number of hydrogen-bond donors (Lipinski definition) is 1. The predicted octanol–water partition coefficient (Wildman–Crippen LogP) is 4.01. The van der Waals surface area contributed by atoms with Gasteiger partial charge in [0.15, 0.2) is 0 Å². The summed E-state index contributed by atoms with van der Waals surface area (Å²) >= 11 is 6.15. The average molecular weight is 349 g/mol. The molecule has 0 aliphatic heterocycles. The third kappa shape index (κ3) is 3.02. The first-order valence-electron chi connectivity index (χ1n) is 7.69. The first kappa shape index (κ1) is 15.5. The Morgan fingerprint density at radius 3 is 2.52 bits per heavy atom. The molecule has 0 saturated heterocycles. The van der Waals surface area contributed by atoms with Gasteiger partial charge in [0.05, 0.1) is 5.69 Å². The lowest BCUT2D eigenvalue weighted by Crippen LogP contribution is -2.04. The summed E-state index contributed by atoms with van der Waals surface area (Å²) in [5.41, 5.74) is 4.67. The molecule has 0 aliphatic rings. The number of nitrogens with zero attached hydrogens (tertiary/aromatic N) is 3. The van der Waals surface area contributed by atoms with Crippen LogP contribution in [0.15, 0.2) is 59.7 Å². The van der Waals surface area contributed by atoms with Gasteiger partial charge in [-0.1, -0.05) is 11.6 Å². The Morgan fingerprint density at radius 2 is 1.76 bits per heavy atom. The molecule has 0 radical (unpaired) electrons. The van der Waals surface area contributed by atoms with Crippen LogP contribution in [0.2, 0.25) is 5.15 Å². The van der Waals surface area contributed by atoms with E-state index in [0.29, 0.717) is 10.8 Å². The molecule has 25 heavy (non-hydrogen) atoms. The van der Waals surface area contributed by atoms with Gasteiger partial charge in [-0.05, 0) is 48.9 Å². The molecule has 0 aromatic carbocycles. The van der Waals surface area contributed by atoms with Gasteiger partial charge in [-0.15, -0.1) is 0 Å². The number of aromatic amines is 1. The van der Waals surface area contributed by atoms with Crippen LogP contribution in [-0.4, -0.2) is 19.9 Å². The maximum Gasteiger partial charge on any atom is 0.249 e. The summed E-state index contributed by atoms with van der Waals surface area (Å²) in [5, 5.41) is 1.27. The molecule has 5 nitrogen and oxygen atoms in total. The molecule has 4 aromatic rings. The molecule has 0 atom stereocenters. The number of H-pyrrole nitrogens is 1. The Labute approximate surface area is 148 Å². The average Bonchev–Trinajstić information content (AvgIpc) is 2.60. The number of halogens is 1. The monoisotopic (exact) mass is 348 g/mol. The number of fused-ring (bicyclic) bond motifs is 1. The van der Waals surface area contributed by atoms with E-state index in [4.69, 9.17) is 16.6 Å². The fourth-order valence-corrected chi connectivity index (χ4v) is 3.06. The van der Waals surface area contributed by atoms with Crippen LogP contribution in [-0.2, 0) is 0 Å². The lowest BCUT2D eigenvalue weighted by Gasteiger charge is -2.12. The van der Waals surface area contributed by atoms with E-state index in [-0.39, 0.29) is 5.56 Å². The van der Waals surface area contributed by atoms with Crippen LogP contribution in [0.5, 0.6) is 0 Å². The largest absolute Gasteiger partial charge is 0.307 e. The molecule has 0 unspecified atom stereocenters. The maximum atomic E-state index is 11.6. The van der Waals surface area contributed by atoms with Gasteiger partial charge in [-0.25, -0.2) is 9.97 Å². The van der Waals surface area contributed by atoms with Crippen molar-refractivity contribution in [1.82, 2.24) is 19.9 Å². The number of pyridine rings is 4. The van der Waals surface area contributed by atoms with Crippen LogP contribution in [0.1, 0.15) is 5.69 Å². The van der Waals surface area contributed by atoms with E-state index in [2.05, 4.69) is 15.0 Å². The van der Waals surface area contributed by atoms with Crippen molar-refractivity contribution in [3.05, 3.63) is 76.1 Å². The van der Waals surface area contributed by atoms with Gasteiger partial charge in [-0.3, -0.25) is 9.78 Å². The van der Waals surface area contributed by atoms with Gasteiger partial charge in [0, 0.05) is 40.7 Å². The number of rotatable bonds is 2. The summed E-state index contributed by atoms with van der Waals surface area (Å²) in [6.07, 6.45) is 3.42. The molecule has 4 heterocycles. The van der Waals surface area contributed by atoms with Crippen LogP contribution < -0.4 is 5.56 Å². The van der Waals surface area contributed by atoms with Crippen LogP contribution in [0.3, 0.4) is 0 Å². The molecule has 0 aliphatic carbocycles. The number of hydrogen-bond acceptors (Lipinski definition) is 4. The van der Waals surface area contributed by atoms with Gasteiger partial charge in [-0.2, -0.15) is 0 Å². The molecule has 4 rings (SSSR count). The second-order valence-electron chi connectivity index (χ2n) is 5.70. The fraction of sp³-hybridized carbons (Fsp3) is 0.0526. The molecule has 6 heteroatoms. The molecule has 0 bridgehead atoms. The molecular formula is C19H13ClN4O. The van der Waals surface area contributed by atoms with E-state index in [1.807, 2.05) is 37.3 Å². The molecule has 4 aromatic heterocycles. The van der Waals surface area contributed by atoms with E-state index >= 15 is 0 Å². The Hall–Kier alpha value is -3.05. The Balaban J connectivity index is 2.07. The van der Waals surface area contributed by atoms with E-state index in [1.54, 1.807) is 18.5 Å². The summed E-state index contributed by atoms with van der Waals surface area (Å²) in [6.45, 7) is 1.90. The highest BCUT2D eigenvalue weighted by Gasteiger charge is 2.13. The van der Waals surface area contributed by atoms with Crippen LogP contribution in [0.25, 0.3) is 33.4 Å². The minimum atomic E-state index is -0.184. The van der Waals surface area contributed by atoms with Gasteiger partial charge in [0.2, 0.25) is 5.56 Å². The Kier molecular flexibility index (Phi) is 3.78. The molecule has 0 saturated carbocycles. The van der Waals surface area contributed by atoms with E-state index < -0.39 is 0 Å². The van der Waals surface area contributed by atoms with Crippen molar-refractivity contribution >= 4 is 22.6 Å². The molecular weight excluding hydrogens is 336 g/mol. The van der Waals surface area contributed by atoms with Gasteiger partial charge >= 0.3 is 0 Å². The van der Waals surface area contributed by atoms with E-state index in [9.17, 15) is 4.79 Å². The van der Waals surface area contributed by atoms with Crippen molar-refractivity contribution < 1.29 is 0 Å². The van der Waals surface area contributed by atoms with Crippen molar-refractivity contribution in [3.63, 3.8) is 0 Å². The normalized spacial score (nSPS) is 11.0. The lowest BCUT2D eigenvalue weighted by molar-refractivity contribution is 1.20. The highest BCUT2D eigenvalue weighted by Crippen LogP contribution is 2.33. The molecule has 0 amide bonds. The number of aromatic nitrogens is 4. The van der Waals surface area contributed by atoms with Crippen LogP contribution in [0, 0.1) is 6.92 Å². The molecule has 1 N–H and O–H groups in total. The topological polar surface area (TPSA) is 71.5 Å². The van der Waals surface area contributed by atoms with Gasteiger partial charge in [0.25, 0.3) is 0 Å². The first-order chi connectivity index (χ1) is 12.1. The third-order valence-electron chi connectivity index (χ3n) is 3.89. The summed E-state index contributed by atoms with van der Waals surface area (Å²) in [4.78, 5) is 27.4. The van der Waals surface area contributed by atoms with Crippen LogP contribution >= 0.6 is 11.6 Å². The van der Waals surface area contributed by atoms with E-state index in [1.165, 1.54) is 6.07 Å². The Bertz CT molecular complexity index is 1120. The highest BCUT2D eigenvalue weighted by molar-refractivity contribution is 6.29. The quantitative estimate of drug-likeness (QED) is 0.555. The van der Waals surface area contributed by atoms with Crippen molar-refractivity contribution in [2.75, 3.05) is 0 Å². The summed E-state index contributed by atoms with van der Waals surface area (Å²) in [6, 6.07) is 12.8. The summed E-state index contributed by atoms with van der Waals surface area (Å²) in [7, 11) is 0. The summed E-state index contributed by atoms with van der Waals surface area (Å²) in [5.74, 6) is 0. The highest BCUT2D eigenvalue weighted by atomic mass is 35.5. The molecule has 0 spiro atoms. The molecule has 0 fully saturated rings. The zero-order valence-electron chi connectivity index (χ0n) is 13.3. The Morgan fingerprint density at radius 1 is 0.960 bits per heavy atom. The van der Waals surface area contributed by atoms with Gasteiger partial charge < -0.3 is 4.98 Å². The zero-order valence-corrected chi connectivity index (χ0v) is 14.1. The van der Waals surface area contributed by atoms with E-state index in [0.717, 1.165) is 33.5 Å². The van der Waals surface area contributed by atoms with Crippen molar-refractivity contribution in [3.8, 4) is 22.4 Å². The third-order valence-corrected chi connectivity index (χ3v) is 4.09. The number of nitrogens with one attached hydrogen (secondary N) is 1. The second kappa shape index (κ2) is 6.11. The van der Waals surface area contributed by atoms with Crippen molar-refractivity contribution in [2.24, 2.45) is 0 Å². The maximum absolute atomic E-state index is 11.6. The SMILES string of the molecule is Cc1cc(-c2cc3ccc(=O)[nH]c3nc2-c2ccncc2)cc(Cl)n1. The van der Waals surface area contributed by atoms with Crippen molar-refractivity contribution in [1.29, 1.82) is 0 Å². The minimum Gasteiger partial charge on any atom is -0.307 e. The second-order valence-corrected chi connectivity index (χ2v) is 6.09.